The number of carbonyl (C=O) groups excluding carboxylic acids is 1. The van der Waals surface area contributed by atoms with Crippen molar-refractivity contribution in [3.05, 3.63) is 29.8 Å². The molecule has 0 spiro atoms. The lowest BCUT2D eigenvalue weighted by Crippen LogP contribution is -2.09. The minimum absolute atomic E-state index is 0.321. The summed E-state index contributed by atoms with van der Waals surface area (Å²) in [7, 11) is 1.54. The zero-order valence-corrected chi connectivity index (χ0v) is 10.0. The maximum atomic E-state index is 11.7. The van der Waals surface area contributed by atoms with Crippen molar-refractivity contribution in [3.63, 3.8) is 0 Å². The van der Waals surface area contributed by atoms with Gasteiger partial charge in [0.1, 0.15) is 11.3 Å². The molecule has 0 N–H and O–H groups in total. The number of ether oxygens (including phenoxy) is 2. The smallest absolute Gasteiger partial charge is 0.341 e. The van der Waals surface area contributed by atoms with Crippen molar-refractivity contribution in [2.24, 2.45) is 5.92 Å². The summed E-state index contributed by atoms with van der Waals surface area (Å²) in [4.78, 5) is 11.7. The first kappa shape index (κ1) is 12.6. The highest BCUT2D eigenvalue weighted by atomic mass is 16.5. The number of benzene rings is 1. The molecule has 0 bridgehead atoms. The average Bonchev–Trinajstić information content (AvgIpc) is 2.28. The molecule has 88 valence electrons. The number of hydrogen-bond acceptors (Lipinski definition) is 3. The van der Waals surface area contributed by atoms with Gasteiger partial charge in [0.2, 0.25) is 0 Å². The summed E-state index contributed by atoms with van der Waals surface area (Å²) in [6.07, 6.45) is 0.876. The summed E-state index contributed by atoms with van der Waals surface area (Å²) in [6.45, 7) is 4.64. The van der Waals surface area contributed by atoms with Crippen LogP contribution < -0.4 is 4.74 Å². The van der Waals surface area contributed by atoms with Crippen molar-refractivity contribution < 1.29 is 14.3 Å². The van der Waals surface area contributed by atoms with E-state index in [4.69, 9.17) is 9.47 Å². The first-order chi connectivity index (χ1) is 7.65. The second-order valence-electron chi connectivity index (χ2n) is 4.02. The molecule has 0 heterocycles. The lowest BCUT2D eigenvalue weighted by atomic mass is 10.1. The molecule has 1 aromatic rings. The molecule has 1 rings (SSSR count). The zero-order valence-electron chi connectivity index (χ0n) is 10.0. The van der Waals surface area contributed by atoms with Gasteiger partial charge in [-0.05, 0) is 24.5 Å². The predicted molar refractivity (Wildman–Crippen MR) is 62.7 cm³/mol. The largest absolute Gasteiger partial charge is 0.496 e. The van der Waals surface area contributed by atoms with Gasteiger partial charge in [-0.2, -0.15) is 0 Å². The van der Waals surface area contributed by atoms with E-state index in [0.29, 0.717) is 23.8 Å². The lowest BCUT2D eigenvalue weighted by Gasteiger charge is -2.09. The second kappa shape index (κ2) is 6.16. The van der Waals surface area contributed by atoms with Gasteiger partial charge in [-0.15, -0.1) is 0 Å². The van der Waals surface area contributed by atoms with Crippen LogP contribution in [0.25, 0.3) is 0 Å². The number of rotatable bonds is 5. The van der Waals surface area contributed by atoms with Gasteiger partial charge < -0.3 is 9.47 Å². The number of esters is 1. The van der Waals surface area contributed by atoms with Crippen molar-refractivity contribution in [1.29, 1.82) is 0 Å². The van der Waals surface area contributed by atoms with E-state index in [2.05, 4.69) is 13.8 Å². The Morgan fingerprint density at radius 1 is 1.31 bits per heavy atom. The van der Waals surface area contributed by atoms with Gasteiger partial charge in [-0.3, -0.25) is 0 Å². The molecule has 0 atom stereocenters. The molecule has 3 heteroatoms. The third-order valence-electron chi connectivity index (χ3n) is 2.26. The molecular formula is C13H18O3. The fraction of sp³-hybridized carbons (Fsp3) is 0.462. The van der Waals surface area contributed by atoms with E-state index < -0.39 is 0 Å². The van der Waals surface area contributed by atoms with Gasteiger partial charge in [0.15, 0.2) is 0 Å². The monoisotopic (exact) mass is 222 g/mol. The SMILES string of the molecule is COc1ccccc1C(=O)OCCC(C)C. The molecule has 0 unspecified atom stereocenters. The number of para-hydroxylation sites is 1. The van der Waals surface area contributed by atoms with E-state index in [1.165, 1.54) is 0 Å². The van der Waals surface area contributed by atoms with E-state index in [1.807, 2.05) is 6.07 Å². The molecule has 16 heavy (non-hydrogen) atoms. The van der Waals surface area contributed by atoms with Crippen LogP contribution >= 0.6 is 0 Å². The average molecular weight is 222 g/mol. The fourth-order valence-corrected chi connectivity index (χ4v) is 1.28. The van der Waals surface area contributed by atoms with Gasteiger partial charge in [-0.25, -0.2) is 4.79 Å². The second-order valence-corrected chi connectivity index (χ2v) is 4.02. The molecule has 0 saturated heterocycles. The highest BCUT2D eigenvalue weighted by Crippen LogP contribution is 2.18. The van der Waals surface area contributed by atoms with Gasteiger partial charge in [0.05, 0.1) is 13.7 Å². The highest BCUT2D eigenvalue weighted by molar-refractivity contribution is 5.92. The predicted octanol–water partition coefficient (Wildman–Crippen LogP) is 2.90. The lowest BCUT2D eigenvalue weighted by molar-refractivity contribution is 0.0484. The minimum Gasteiger partial charge on any atom is -0.496 e. The maximum absolute atomic E-state index is 11.7. The quantitative estimate of drug-likeness (QED) is 0.718. The maximum Gasteiger partial charge on any atom is 0.341 e. The normalized spacial score (nSPS) is 10.2. The Morgan fingerprint density at radius 3 is 2.62 bits per heavy atom. The number of methoxy groups -OCH3 is 1. The van der Waals surface area contributed by atoms with Crippen LogP contribution in [0.2, 0.25) is 0 Å². The standard InChI is InChI=1S/C13H18O3/c1-10(2)8-9-16-13(14)11-6-4-5-7-12(11)15-3/h4-7,10H,8-9H2,1-3H3. The number of carbonyl (C=O) groups is 1. The van der Waals surface area contributed by atoms with Crippen LogP contribution in [0.3, 0.4) is 0 Å². The molecular weight excluding hydrogens is 204 g/mol. The summed E-state index contributed by atoms with van der Waals surface area (Å²) in [5.41, 5.74) is 0.480. The van der Waals surface area contributed by atoms with Gasteiger partial charge in [0.25, 0.3) is 0 Å². The molecule has 3 nitrogen and oxygen atoms in total. The topological polar surface area (TPSA) is 35.5 Å². The van der Waals surface area contributed by atoms with Crippen LogP contribution in [0.5, 0.6) is 5.75 Å². The number of hydrogen-bond donors (Lipinski definition) is 0. The summed E-state index contributed by atoms with van der Waals surface area (Å²) in [5, 5.41) is 0. The molecule has 0 aliphatic heterocycles. The van der Waals surface area contributed by atoms with E-state index in [1.54, 1.807) is 25.3 Å². The van der Waals surface area contributed by atoms with Crippen molar-refractivity contribution in [2.45, 2.75) is 20.3 Å². The van der Waals surface area contributed by atoms with Crippen LogP contribution in [-0.4, -0.2) is 19.7 Å². The Morgan fingerprint density at radius 2 is 2.00 bits per heavy atom. The first-order valence-electron chi connectivity index (χ1n) is 5.45. The summed E-state index contributed by atoms with van der Waals surface area (Å²) in [6, 6.07) is 7.07. The third-order valence-corrected chi connectivity index (χ3v) is 2.26. The molecule has 0 saturated carbocycles. The van der Waals surface area contributed by atoms with Crippen molar-refractivity contribution >= 4 is 5.97 Å². The van der Waals surface area contributed by atoms with Gasteiger partial charge >= 0.3 is 5.97 Å². The summed E-state index contributed by atoms with van der Waals surface area (Å²) in [5.74, 6) is 0.764. The van der Waals surface area contributed by atoms with Crippen molar-refractivity contribution in [3.8, 4) is 5.75 Å². The molecule has 0 amide bonds. The van der Waals surface area contributed by atoms with Crippen LogP contribution in [0.1, 0.15) is 30.6 Å². The van der Waals surface area contributed by atoms with E-state index in [0.717, 1.165) is 6.42 Å². The molecule has 0 aliphatic carbocycles. The fourth-order valence-electron chi connectivity index (χ4n) is 1.28. The van der Waals surface area contributed by atoms with E-state index in [-0.39, 0.29) is 5.97 Å². The molecule has 0 fully saturated rings. The van der Waals surface area contributed by atoms with Gasteiger partial charge in [-0.1, -0.05) is 26.0 Å². The van der Waals surface area contributed by atoms with E-state index in [9.17, 15) is 4.79 Å². The Bertz CT molecular complexity index is 345. The molecule has 0 radical (unpaired) electrons. The molecule has 0 aliphatic rings. The first-order valence-corrected chi connectivity index (χ1v) is 5.45. The molecule has 0 aromatic heterocycles. The van der Waals surface area contributed by atoms with Crippen molar-refractivity contribution in [1.82, 2.24) is 0 Å². The zero-order chi connectivity index (χ0) is 12.0. The molecule has 1 aromatic carbocycles. The van der Waals surface area contributed by atoms with E-state index >= 15 is 0 Å². The Kier molecular flexibility index (Phi) is 4.83. The Balaban J connectivity index is 2.59. The summed E-state index contributed by atoms with van der Waals surface area (Å²) >= 11 is 0. The highest BCUT2D eigenvalue weighted by Gasteiger charge is 2.12. The van der Waals surface area contributed by atoms with Crippen LogP contribution in [0.15, 0.2) is 24.3 Å². The van der Waals surface area contributed by atoms with Crippen molar-refractivity contribution in [2.75, 3.05) is 13.7 Å². The third kappa shape index (κ3) is 3.57. The van der Waals surface area contributed by atoms with Crippen LogP contribution in [0.4, 0.5) is 0 Å². The van der Waals surface area contributed by atoms with Crippen LogP contribution in [0, 0.1) is 5.92 Å². The Labute approximate surface area is 96.4 Å². The Hall–Kier alpha value is -1.51. The minimum atomic E-state index is -0.321. The van der Waals surface area contributed by atoms with Crippen LogP contribution in [-0.2, 0) is 4.74 Å². The summed E-state index contributed by atoms with van der Waals surface area (Å²) < 4.78 is 10.3. The van der Waals surface area contributed by atoms with Gasteiger partial charge in [0, 0.05) is 0 Å².